The molecule has 6 nitrogen and oxygen atoms in total. The quantitative estimate of drug-likeness (QED) is 0.403. The molecule has 2 aromatic carbocycles. The van der Waals surface area contributed by atoms with Gasteiger partial charge in [-0.05, 0) is 48.6 Å². The van der Waals surface area contributed by atoms with E-state index in [4.69, 9.17) is 4.42 Å². The molecular formula is C24H24FN3O3S. The van der Waals surface area contributed by atoms with E-state index in [-0.39, 0.29) is 11.1 Å². The third-order valence-electron chi connectivity index (χ3n) is 5.81. The SMILES string of the molecule is CC(C)(O)c1cccc(-c2ncnc3cc(-c4ccc([SH]5(=O)CCCN5)cc4)oc23)c1F. The van der Waals surface area contributed by atoms with Crippen LogP contribution in [0.2, 0.25) is 0 Å². The Labute approximate surface area is 186 Å². The number of halogens is 1. The molecule has 2 N–H and O–H groups in total. The fourth-order valence-corrected chi connectivity index (χ4v) is 6.46. The van der Waals surface area contributed by atoms with E-state index in [0.29, 0.717) is 28.3 Å². The molecule has 1 aliphatic heterocycles. The van der Waals surface area contributed by atoms with Crippen LogP contribution in [0, 0.1) is 5.82 Å². The van der Waals surface area contributed by atoms with Crippen LogP contribution in [0.25, 0.3) is 33.7 Å². The van der Waals surface area contributed by atoms with E-state index >= 15 is 4.39 Å². The Hall–Kier alpha value is -2.94. The van der Waals surface area contributed by atoms with Crippen LogP contribution in [0.4, 0.5) is 4.39 Å². The van der Waals surface area contributed by atoms with Crippen LogP contribution in [0.15, 0.2) is 64.2 Å². The van der Waals surface area contributed by atoms with Gasteiger partial charge in [-0.2, -0.15) is 0 Å². The average molecular weight is 454 g/mol. The van der Waals surface area contributed by atoms with Gasteiger partial charge in [0.1, 0.15) is 29.1 Å². The highest BCUT2D eigenvalue weighted by Gasteiger charge is 2.25. The largest absolute Gasteiger partial charge is 0.452 e. The molecule has 8 heteroatoms. The van der Waals surface area contributed by atoms with Crippen molar-refractivity contribution in [1.29, 1.82) is 0 Å². The smallest absolute Gasteiger partial charge is 0.179 e. The lowest BCUT2D eigenvalue weighted by molar-refractivity contribution is 0.0746. The number of benzene rings is 2. The Bertz CT molecular complexity index is 1350. The van der Waals surface area contributed by atoms with E-state index in [1.165, 1.54) is 20.2 Å². The number of hydrogen-bond donors (Lipinski definition) is 3. The Kier molecular flexibility index (Phi) is 4.96. The van der Waals surface area contributed by atoms with Gasteiger partial charge in [-0.3, -0.25) is 8.93 Å². The molecule has 0 amide bonds. The van der Waals surface area contributed by atoms with Gasteiger partial charge < -0.3 is 9.52 Å². The molecule has 5 rings (SSSR count). The normalized spacial score (nSPS) is 17.0. The molecule has 2 aromatic heterocycles. The van der Waals surface area contributed by atoms with Crippen molar-refractivity contribution in [3.05, 3.63) is 66.2 Å². The highest BCUT2D eigenvalue weighted by atomic mass is 32.3. The van der Waals surface area contributed by atoms with Crippen LogP contribution in [0.5, 0.6) is 0 Å². The summed E-state index contributed by atoms with van der Waals surface area (Å²) in [4.78, 5) is 9.35. The molecule has 4 aromatic rings. The van der Waals surface area contributed by atoms with Gasteiger partial charge >= 0.3 is 0 Å². The number of fused-ring (bicyclic) bond motifs is 1. The number of nitrogens with one attached hydrogen (secondary N) is 1. The maximum absolute atomic E-state index is 15.2. The molecule has 0 spiro atoms. The fourth-order valence-electron chi connectivity index (χ4n) is 4.10. The van der Waals surface area contributed by atoms with Crippen LogP contribution in [-0.2, 0) is 15.7 Å². The Balaban J connectivity index is 1.57. The summed E-state index contributed by atoms with van der Waals surface area (Å²) >= 11 is 0. The predicted molar refractivity (Wildman–Crippen MR) is 123 cm³/mol. The Morgan fingerprint density at radius 1 is 1.16 bits per heavy atom. The molecule has 0 saturated carbocycles. The van der Waals surface area contributed by atoms with Crippen molar-refractivity contribution in [2.45, 2.75) is 30.8 Å². The zero-order chi connectivity index (χ0) is 22.5. The molecule has 166 valence electrons. The van der Waals surface area contributed by atoms with Crippen molar-refractivity contribution in [1.82, 2.24) is 14.7 Å². The first kappa shape index (κ1) is 20.9. The lowest BCUT2D eigenvalue weighted by Crippen LogP contribution is -2.25. The highest BCUT2D eigenvalue weighted by molar-refractivity contribution is 8.01. The minimum absolute atomic E-state index is 0.180. The van der Waals surface area contributed by atoms with E-state index in [0.717, 1.165) is 23.4 Å². The first-order valence-electron chi connectivity index (χ1n) is 10.5. The minimum atomic E-state index is -2.50. The van der Waals surface area contributed by atoms with Crippen molar-refractivity contribution < 1.29 is 18.1 Å². The monoisotopic (exact) mass is 453 g/mol. The van der Waals surface area contributed by atoms with E-state index in [1.54, 1.807) is 24.3 Å². The molecule has 0 radical (unpaired) electrons. The number of hydrogen-bond acceptors (Lipinski definition) is 5. The van der Waals surface area contributed by atoms with Crippen molar-refractivity contribution in [3.8, 4) is 22.6 Å². The lowest BCUT2D eigenvalue weighted by atomic mass is 9.94. The number of rotatable bonds is 4. The van der Waals surface area contributed by atoms with Gasteiger partial charge in [0, 0.05) is 39.9 Å². The van der Waals surface area contributed by atoms with E-state index in [1.807, 2.05) is 24.3 Å². The number of aliphatic hydroxyl groups is 1. The minimum Gasteiger partial charge on any atom is -0.452 e. The standard InChI is InChI=1S/C24H24FN3O3S/c1-24(2,29)18-6-3-5-17(21(18)25)22-23-19(26-14-27-22)13-20(31-23)15-7-9-16(10-8-15)32(30)12-4-11-28-32/h3,5-10,13-14,29,32H,4,11-12H2,1-2H3,(H,28,30). The molecule has 0 atom stereocenters. The van der Waals surface area contributed by atoms with Gasteiger partial charge in [-0.1, -0.05) is 24.3 Å². The summed E-state index contributed by atoms with van der Waals surface area (Å²) in [6.45, 7) is 3.85. The summed E-state index contributed by atoms with van der Waals surface area (Å²) < 4.78 is 37.4. The first-order valence-corrected chi connectivity index (χ1v) is 12.4. The van der Waals surface area contributed by atoms with Crippen LogP contribution in [0.1, 0.15) is 25.8 Å². The maximum Gasteiger partial charge on any atom is 0.179 e. The molecule has 0 aliphatic carbocycles. The first-order chi connectivity index (χ1) is 15.3. The molecule has 1 aliphatic rings. The van der Waals surface area contributed by atoms with Crippen molar-refractivity contribution >= 4 is 21.2 Å². The summed E-state index contributed by atoms with van der Waals surface area (Å²) in [7, 11) is -2.50. The maximum atomic E-state index is 15.2. The second kappa shape index (κ2) is 7.58. The number of furan rings is 1. The van der Waals surface area contributed by atoms with Gasteiger partial charge in [0.2, 0.25) is 0 Å². The second-order valence-corrected chi connectivity index (χ2v) is 11.3. The zero-order valence-electron chi connectivity index (χ0n) is 17.8. The van der Waals surface area contributed by atoms with Crippen molar-refractivity contribution in [3.63, 3.8) is 0 Å². The van der Waals surface area contributed by atoms with Gasteiger partial charge in [-0.15, -0.1) is 0 Å². The summed E-state index contributed by atoms with van der Waals surface area (Å²) in [5, 5.41) is 10.3. The summed E-state index contributed by atoms with van der Waals surface area (Å²) in [6.07, 6.45) is 2.28. The zero-order valence-corrected chi connectivity index (χ0v) is 18.7. The third kappa shape index (κ3) is 3.54. The lowest BCUT2D eigenvalue weighted by Gasteiger charge is -2.19. The van der Waals surface area contributed by atoms with Gasteiger partial charge in [0.15, 0.2) is 5.58 Å². The van der Waals surface area contributed by atoms with Crippen LogP contribution in [0.3, 0.4) is 0 Å². The second-order valence-electron chi connectivity index (χ2n) is 8.55. The fraction of sp³-hybridized carbons (Fsp3) is 0.250. The number of nitrogens with zero attached hydrogens (tertiary/aromatic N) is 2. The molecular weight excluding hydrogens is 429 g/mol. The Morgan fingerprint density at radius 2 is 1.94 bits per heavy atom. The Morgan fingerprint density at radius 3 is 2.62 bits per heavy atom. The summed E-state index contributed by atoms with van der Waals surface area (Å²) in [6, 6.07) is 14.1. The van der Waals surface area contributed by atoms with Crippen molar-refractivity contribution in [2.75, 3.05) is 12.3 Å². The van der Waals surface area contributed by atoms with Crippen molar-refractivity contribution in [2.24, 2.45) is 0 Å². The summed E-state index contributed by atoms with van der Waals surface area (Å²) in [5.41, 5.74) is 1.11. The molecule has 32 heavy (non-hydrogen) atoms. The molecule has 1 fully saturated rings. The third-order valence-corrected chi connectivity index (χ3v) is 8.62. The van der Waals surface area contributed by atoms with Gasteiger partial charge in [0.05, 0.1) is 5.60 Å². The van der Waals surface area contributed by atoms with Crippen LogP contribution in [-0.4, -0.2) is 31.6 Å². The van der Waals surface area contributed by atoms with Crippen LogP contribution < -0.4 is 4.72 Å². The molecule has 3 heterocycles. The highest BCUT2D eigenvalue weighted by Crippen LogP contribution is 2.36. The topological polar surface area (TPSA) is 88.2 Å². The number of aromatic nitrogens is 2. The van der Waals surface area contributed by atoms with E-state index in [9.17, 15) is 9.32 Å². The average Bonchev–Trinajstić information content (AvgIpc) is 3.40. The van der Waals surface area contributed by atoms with E-state index < -0.39 is 21.5 Å². The summed E-state index contributed by atoms with van der Waals surface area (Å²) in [5.74, 6) is 0.687. The van der Waals surface area contributed by atoms with Crippen LogP contribution >= 0.6 is 0 Å². The van der Waals surface area contributed by atoms with Gasteiger partial charge in [0.25, 0.3) is 0 Å². The molecule has 1 saturated heterocycles. The molecule has 0 unspecified atom stereocenters. The predicted octanol–water partition coefficient (Wildman–Crippen LogP) is 4.21. The van der Waals surface area contributed by atoms with E-state index in [2.05, 4.69) is 14.7 Å². The molecule has 0 bridgehead atoms. The number of thiol groups is 1. The van der Waals surface area contributed by atoms with Gasteiger partial charge in [-0.25, -0.2) is 14.4 Å².